The Bertz CT molecular complexity index is 456. The monoisotopic (exact) mass is 362 g/mol. The van der Waals surface area contributed by atoms with E-state index in [0.29, 0.717) is 22.2 Å². The van der Waals surface area contributed by atoms with E-state index in [1.165, 1.54) is 12.1 Å². The number of nitrogens with one attached hydrogen (secondary N) is 1. The summed E-state index contributed by atoms with van der Waals surface area (Å²) in [6.07, 6.45) is 0. The van der Waals surface area contributed by atoms with Gasteiger partial charge in [-0.05, 0) is 54.6 Å². The molecule has 1 aromatic rings. The first-order valence-electron chi connectivity index (χ1n) is 5.97. The van der Waals surface area contributed by atoms with Crippen LogP contribution in [0.25, 0.3) is 0 Å². The molecule has 3 nitrogen and oxygen atoms in total. The van der Waals surface area contributed by atoms with Crippen LogP contribution in [0.2, 0.25) is 0 Å². The van der Waals surface area contributed by atoms with Gasteiger partial charge in [0.05, 0.1) is 5.56 Å². The van der Waals surface area contributed by atoms with E-state index in [9.17, 15) is 9.18 Å². The number of nitrogens with zero attached hydrogens (tertiary/aromatic N) is 1. The number of carbonyl (C=O) groups is 1. The Balaban J connectivity index is 2.20. The summed E-state index contributed by atoms with van der Waals surface area (Å²) in [7, 11) is 0. The van der Waals surface area contributed by atoms with Crippen molar-refractivity contribution in [2.75, 3.05) is 13.1 Å². The van der Waals surface area contributed by atoms with E-state index in [0.717, 1.165) is 0 Å². The summed E-state index contributed by atoms with van der Waals surface area (Å²) in [4.78, 5) is 14.2. The molecular formula is C13H16FIN2O. The third-order valence-corrected chi connectivity index (χ3v) is 3.90. The molecule has 2 atom stereocenters. The molecule has 5 heteroatoms. The fourth-order valence-electron chi connectivity index (χ4n) is 2.33. The van der Waals surface area contributed by atoms with Gasteiger partial charge in [0.1, 0.15) is 5.82 Å². The Labute approximate surface area is 120 Å². The quantitative estimate of drug-likeness (QED) is 0.778. The number of benzene rings is 1. The first kappa shape index (κ1) is 13.7. The molecule has 1 saturated heterocycles. The molecule has 18 heavy (non-hydrogen) atoms. The van der Waals surface area contributed by atoms with Crippen LogP contribution in [0.5, 0.6) is 0 Å². The lowest BCUT2D eigenvalue weighted by Crippen LogP contribution is -2.55. The summed E-state index contributed by atoms with van der Waals surface area (Å²) in [6, 6.07) is 4.87. The standard InChI is InChI=1S/C13H16FIN2O/c1-8-6-17(7-9(2)16-8)13(18)11-4-3-10(14)5-12(11)15/h3-5,8-9,16H,6-7H2,1-2H3. The van der Waals surface area contributed by atoms with Gasteiger partial charge in [-0.3, -0.25) is 4.79 Å². The highest BCUT2D eigenvalue weighted by Crippen LogP contribution is 2.17. The van der Waals surface area contributed by atoms with Crippen molar-refractivity contribution in [3.63, 3.8) is 0 Å². The van der Waals surface area contributed by atoms with Crippen LogP contribution in [0.15, 0.2) is 18.2 Å². The van der Waals surface area contributed by atoms with Crippen molar-refractivity contribution in [1.29, 1.82) is 0 Å². The molecule has 1 N–H and O–H groups in total. The normalized spacial score (nSPS) is 24.1. The first-order chi connectivity index (χ1) is 8.47. The topological polar surface area (TPSA) is 32.3 Å². The van der Waals surface area contributed by atoms with Crippen LogP contribution in [0.1, 0.15) is 24.2 Å². The highest BCUT2D eigenvalue weighted by atomic mass is 127. The Hall–Kier alpha value is -0.690. The molecule has 1 aliphatic rings. The Morgan fingerprint density at radius 3 is 2.56 bits per heavy atom. The smallest absolute Gasteiger partial charge is 0.255 e. The number of hydrogen-bond donors (Lipinski definition) is 1. The van der Waals surface area contributed by atoms with Crippen molar-refractivity contribution in [2.45, 2.75) is 25.9 Å². The van der Waals surface area contributed by atoms with Gasteiger partial charge in [0.25, 0.3) is 5.91 Å². The average Bonchev–Trinajstić information content (AvgIpc) is 2.26. The number of rotatable bonds is 1. The van der Waals surface area contributed by atoms with Crippen LogP contribution in [-0.4, -0.2) is 36.0 Å². The second-order valence-corrected chi connectivity index (χ2v) is 5.97. The molecule has 1 amide bonds. The van der Waals surface area contributed by atoms with Crippen molar-refractivity contribution < 1.29 is 9.18 Å². The predicted molar refractivity (Wildman–Crippen MR) is 77.1 cm³/mol. The Morgan fingerprint density at radius 1 is 1.39 bits per heavy atom. The molecule has 1 fully saturated rings. The van der Waals surface area contributed by atoms with E-state index in [4.69, 9.17) is 0 Å². The van der Waals surface area contributed by atoms with Crippen molar-refractivity contribution >= 4 is 28.5 Å². The van der Waals surface area contributed by atoms with Gasteiger partial charge >= 0.3 is 0 Å². The minimum absolute atomic E-state index is 0.0143. The number of halogens is 2. The van der Waals surface area contributed by atoms with Gasteiger partial charge < -0.3 is 10.2 Å². The first-order valence-corrected chi connectivity index (χ1v) is 7.05. The van der Waals surface area contributed by atoms with E-state index in [-0.39, 0.29) is 23.8 Å². The third-order valence-electron chi connectivity index (χ3n) is 3.01. The van der Waals surface area contributed by atoms with Crippen molar-refractivity contribution in [3.8, 4) is 0 Å². The number of amides is 1. The van der Waals surface area contributed by atoms with E-state index >= 15 is 0 Å². The summed E-state index contributed by atoms with van der Waals surface area (Å²) < 4.78 is 13.7. The molecule has 1 aromatic carbocycles. The molecular weight excluding hydrogens is 346 g/mol. The molecule has 2 rings (SSSR count). The van der Waals surface area contributed by atoms with Crippen molar-refractivity contribution in [3.05, 3.63) is 33.1 Å². The zero-order valence-corrected chi connectivity index (χ0v) is 12.6. The molecule has 0 aromatic heterocycles. The summed E-state index contributed by atoms with van der Waals surface area (Å²) in [5, 5.41) is 3.38. The number of carbonyl (C=O) groups excluding carboxylic acids is 1. The predicted octanol–water partition coefficient (Wildman–Crippen LogP) is 2.25. The van der Waals surface area contributed by atoms with Crippen LogP contribution in [-0.2, 0) is 0 Å². The molecule has 0 aliphatic carbocycles. The van der Waals surface area contributed by atoms with Crippen LogP contribution in [0.4, 0.5) is 4.39 Å². The summed E-state index contributed by atoms with van der Waals surface area (Å²) in [6.45, 7) is 5.50. The van der Waals surface area contributed by atoms with Gasteiger partial charge in [-0.1, -0.05) is 0 Å². The molecule has 98 valence electrons. The average molecular weight is 362 g/mol. The lowest BCUT2D eigenvalue weighted by atomic mass is 10.1. The van der Waals surface area contributed by atoms with Crippen LogP contribution >= 0.6 is 22.6 Å². The van der Waals surface area contributed by atoms with E-state index in [1.54, 1.807) is 6.07 Å². The third kappa shape index (κ3) is 3.00. The molecule has 0 radical (unpaired) electrons. The maximum atomic E-state index is 13.0. The fourth-order valence-corrected chi connectivity index (χ4v) is 3.03. The molecule has 1 heterocycles. The summed E-state index contributed by atoms with van der Waals surface area (Å²) in [5.74, 6) is -0.322. The van der Waals surface area contributed by atoms with E-state index < -0.39 is 0 Å². The zero-order chi connectivity index (χ0) is 13.3. The van der Waals surface area contributed by atoms with Crippen LogP contribution in [0, 0.1) is 9.39 Å². The molecule has 2 unspecified atom stereocenters. The van der Waals surface area contributed by atoms with Crippen LogP contribution < -0.4 is 5.32 Å². The summed E-state index contributed by atoms with van der Waals surface area (Å²) in [5.41, 5.74) is 0.582. The number of hydrogen-bond acceptors (Lipinski definition) is 2. The minimum Gasteiger partial charge on any atom is -0.336 e. The molecule has 0 bridgehead atoms. The van der Waals surface area contributed by atoms with Gasteiger partial charge in [0.2, 0.25) is 0 Å². The van der Waals surface area contributed by atoms with E-state index in [2.05, 4.69) is 19.2 Å². The van der Waals surface area contributed by atoms with Gasteiger partial charge in [0, 0.05) is 28.7 Å². The number of piperazine rings is 1. The summed E-state index contributed by atoms with van der Waals surface area (Å²) >= 11 is 2.00. The molecule has 0 spiro atoms. The van der Waals surface area contributed by atoms with Gasteiger partial charge in [-0.2, -0.15) is 0 Å². The Morgan fingerprint density at radius 2 is 2.00 bits per heavy atom. The van der Waals surface area contributed by atoms with Crippen molar-refractivity contribution in [1.82, 2.24) is 10.2 Å². The Kier molecular flexibility index (Phi) is 4.21. The van der Waals surface area contributed by atoms with E-state index in [1.807, 2.05) is 27.5 Å². The van der Waals surface area contributed by atoms with Gasteiger partial charge in [0.15, 0.2) is 0 Å². The molecule has 0 saturated carbocycles. The SMILES string of the molecule is CC1CN(C(=O)c2ccc(F)cc2I)CC(C)N1. The maximum Gasteiger partial charge on any atom is 0.255 e. The van der Waals surface area contributed by atoms with Gasteiger partial charge in [-0.15, -0.1) is 0 Å². The highest BCUT2D eigenvalue weighted by Gasteiger charge is 2.26. The molecule has 1 aliphatic heterocycles. The second-order valence-electron chi connectivity index (χ2n) is 4.80. The van der Waals surface area contributed by atoms with Gasteiger partial charge in [-0.25, -0.2) is 4.39 Å². The van der Waals surface area contributed by atoms with Crippen LogP contribution in [0.3, 0.4) is 0 Å². The fraction of sp³-hybridized carbons (Fsp3) is 0.462. The highest BCUT2D eigenvalue weighted by molar-refractivity contribution is 14.1. The minimum atomic E-state index is -0.307. The second kappa shape index (κ2) is 5.52. The van der Waals surface area contributed by atoms with Crippen molar-refractivity contribution in [2.24, 2.45) is 0 Å². The lowest BCUT2D eigenvalue weighted by Gasteiger charge is -2.36. The lowest BCUT2D eigenvalue weighted by molar-refractivity contribution is 0.0672. The zero-order valence-electron chi connectivity index (χ0n) is 10.4. The maximum absolute atomic E-state index is 13.0. The largest absolute Gasteiger partial charge is 0.336 e.